The van der Waals surface area contributed by atoms with Gasteiger partial charge in [-0.2, -0.15) is 0 Å². The summed E-state index contributed by atoms with van der Waals surface area (Å²) in [7, 11) is 1.53. The highest BCUT2D eigenvalue weighted by molar-refractivity contribution is 7.10. The number of nitrogens with one attached hydrogen (secondary N) is 1. The molecule has 0 saturated heterocycles. The molecule has 23 heavy (non-hydrogen) atoms. The van der Waals surface area contributed by atoms with Crippen LogP contribution >= 0.6 is 11.3 Å². The molecule has 0 aromatic carbocycles. The van der Waals surface area contributed by atoms with Crippen molar-refractivity contribution in [2.24, 2.45) is 0 Å². The number of carbonyl (C=O) groups is 1. The van der Waals surface area contributed by atoms with Gasteiger partial charge in [0, 0.05) is 16.5 Å². The van der Waals surface area contributed by atoms with Gasteiger partial charge >= 0.3 is 0 Å². The Bertz CT molecular complexity index is 736. The molecule has 0 aliphatic heterocycles. The van der Waals surface area contributed by atoms with E-state index in [1.54, 1.807) is 29.6 Å². The van der Waals surface area contributed by atoms with Gasteiger partial charge in [0.25, 0.3) is 0 Å². The Kier molecular flexibility index (Phi) is 5.82. The Balaban J connectivity index is 2.15. The largest absolute Gasteiger partial charge is 0.497 e. The maximum absolute atomic E-state index is 12.0. The molecule has 6 heteroatoms. The fourth-order valence-corrected chi connectivity index (χ4v) is 2.58. The number of amides is 1. The van der Waals surface area contributed by atoms with Gasteiger partial charge < -0.3 is 10.1 Å². The number of hydrogen-bond donors (Lipinski definition) is 1. The third-order valence-corrected chi connectivity index (χ3v) is 3.83. The topological polar surface area (TPSA) is 64.1 Å². The molecule has 2 aromatic heterocycles. The van der Waals surface area contributed by atoms with E-state index in [1.165, 1.54) is 13.4 Å². The smallest absolute Gasteiger partial charge is 0.230 e. The number of aromatic nitrogens is 2. The van der Waals surface area contributed by atoms with Gasteiger partial charge in [-0.05, 0) is 17.5 Å². The van der Waals surface area contributed by atoms with Gasteiger partial charge in [0.1, 0.15) is 17.9 Å². The molecule has 0 bridgehead atoms. The molecule has 0 unspecified atom stereocenters. The van der Waals surface area contributed by atoms with E-state index in [0.29, 0.717) is 29.3 Å². The molecule has 0 aliphatic rings. The number of carbonyl (C=O) groups excluding carboxylic acids is 1. The first-order chi connectivity index (χ1) is 11.1. The first-order valence-corrected chi connectivity index (χ1v) is 7.72. The molecule has 0 spiro atoms. The summed E-state index contributed by atoms with van der Waals surface area (Å²) in [6.45, 7) is 7.49. The van der Waals surface area contributed by atoms with Crippen LogP contribution in [-0.2, 0) is 16.0 Å². The summed E-state index contributed by atoms with van der Waals surface area (Å²) in [4.78, 5) is 21.3. The Morgan fingerprint density at radius 2 is 2.30 bits per heavy atom. The molecule has 2 rings (SSSR count). The van der Waals surface area contributed by atoms with Crippen LogP contribution in [0.1, 0.15) is 10.6 Å². The van der Waals surface area contributed by atoms with E-state index < -0.39 is 0 Å². The molecule has 2 heterocycles. The molecule has 0 radical (unpaired) electrons. The molecule has 0 aliphatic carbocycles. The second-order valence-electron chi connectivity index (χ2n) is 4.54. The highest BCUT2D eigenvalue weighted by Gasteiger charge is 2.11. The molecule has 0 atom stereocenters. The summed E-state index contributed by atoms with van der Waals surface area (Å²) in [5.74, 6) is 0.756. The van der Waals surface area contributed by atoms with Crippen molar-refractivity contribution >= 4 is 28.6 Å². The van der Waals surface area contributed by atoms with Gasteiger partial charge in [0.2, 0.25) is 5.91 Å². The van der Waals surface area contributed by atoms with Crippen LogP contribution in [0.5, 0.6) is 0 Å². The highest BCUT2D eigenvalue weighted by atomic mass is 32.1. The Morgan fingerprint density at radius 3 is 2.96 bits per heavy atom. The molecule has 0 fully saturated rings. The lowest BCUT2D eigenvalue weighted by atomic mass is 10.1. The summed E-state index contributed by atoms with van der Waals surface area (Å²) in [6, 6.07) is 5.51. The zero-order chi connectivity index (χ0) is 16.7. The van der Waals surface area contributed by atoms with Gasteiger partial charge in [-0.1, -0.05) is 25.3 Å². The maximum Gasteiger partial charge on any atom is 0.230 e. The fourth-order valence-electron chi connectivity index (χ4n) is 1.88. The van der Waals surface area contributed by atoms with Crippen molar-refractivity contribution in [2.45, 2.75) is 6.42 Å². The SMILES string of the molecule is C=C/C=C(\C(=C)OC)c1cc(NC(=O)Cc2cccs2)ncn1. The summed E-state index contributed by atoms with van der Waals surface area (Å²) in [6.07, 6.45) is 5.06. The van der Waals surface area contributed by atoms with E-state index in [4.69, 9.17) is 4.74 Å². The van der Waals surface area contributed by atoms with Gasteiger partial charge in [-0.15, -0.1) is 11.3 Å². The van der Waals surface area contributed by atoms with Gasteiger partial charge in [0.15, 0.2) is 0 Å². The van der Waals surface area contributed by atoms with Crippen molar-refractivity contribution in [3.8, 4) is 0 Å². The van der Waals surface area contributed by atoms with Crippen LogP contribution in [0, 0.1) is 0 Å². The van der Waals surface area contributed by atoms with E-state index in [0.717, 1.165) is 4.88 Å². The lowest BCUT2D eigenvalue weighted by molar-refractivity contribution is -0.115. The number of anilines is 1. The quantitative estimate of drug-likeness (QED) is 0.625. The van der Waals surface area contributed by atoms with Crippen LogP contribution < -0.4 is 5.32 Å². The molecular weight excluding hydrogens is 310 g/mol. The van der Waals surface area contributed by atoms with E-state index in [2.05, 4.69) is 28.4 Å². The molecule has 1 amide bonds. The van der Waals surface area contributed by atoms with Crippen LogP contribution in [0.4, 0.5) is 5.82 Å². The van der Waals surface area contributed by atoms with Crippen LogP contribution in [0.25, 0.3) is 5.57 Å². The average molecular weight is 327 g/mol. The van der Waals surface area contributed by atoms with Crippen molar-refractivity contribution < 1.29 is 9.53 Å². The molecule has 118 valence electrons. The second kappa shape index (κ2) is 8.05. The van der Waals surface area contributed by atoms with Crippen molar-refractivity contribution in [3.05, 3.63) is 71.5 Å². The van der Waals surface area contributed by atoms with Crippen LogP contribution in [0.2, 0.25) is 0 Å². The maximum atomic E-state index is 12.0. The van der Waals surface area contributed by atoms with Crippen molar-refractivity contribution in [3.63, 3.8) is 0 Å². The minimum absolute atomic E-state index is 0.128. The number of ether oxygens (including phenoxy) is 1. The minimum Gasteiger partial charge on any atom is -0.497 e. The molecular formula is C17H17N3O2S. The standard InChI is InChI=1S/C17H17N3O2S/c1-4-6-14(12(2)22-3)15-10-16(19-11-18-15)20-17(21)9-13-7-5-8-23-13/h4-8,10-11H,1-2,9H2,3H3,(H,18,19,20,21)/b14-6+. The van der Waals surface area contributed by atoms with Crippen molar-refractivity contribution in [1.29, 1.82) is 0 Å². The van der Waals surface area contributed by atoms with Gasteiger partial charge in [0.05, 0.1) is 19.2 Å². The Labute approximate surface area is 139 Å². The predicted octanol–water partition coefficient (Wildman–Crippen LogP) is 3.45. The molecule has 1 N–H and O–H groups in total. The van der Waals surface area contributed by atoms with Crippen LogP contribution in [0.15, 0.2) is 61.0 Å². The fraction of sp³-hybridized carbons (Fsp3) is 0.118. The van der Waals surface area contributed by atoms with Crippen molar-refractivity contribution in [2.75, 3.05) is 12.4 Å². The molecule has 5 nitrogen and oxygen atoms in total. The highest BCUT2D eigenvalue weighted by Crippen LogP contribution is 2.22. The number of hydrogen-bond acceptors (Lipinski definition) is 5. The molecule has 2 aromatic rings. The average Bonchev–Trinajstić information content (AvgIpc) is 3.04. The van der Waals surface area contributed by atoms with Crippen molar-refractivity contribution in [1.82, 2.24) is 9.97 Å². The third-order valence-electron chi connectivity index (χ3n) is 2.96. The zero-order valence-corrected chi connectivity index (χ0v) is 13.6. The Hall–Kier alpha value is -2.73. The molecule has 0 saturated carbocycles. The second-order valence-corrected chi connectivity index (χ2v) is 5.57. The predicted molar refractivity (Wildman–Crippen MR) is 93.0 cm³/mol. The monoisotopic (exact) mass is 327 g/mol. The summed E-state index contributed by atoms with van der Waals surface area (Å²) in [5.41, 5.74) is 1.27. The van der Waals surface area contributed by atoms with Gasteiger partial charge in [-0.3, -0.25) is 4.79 Å². The number of rotatable bonds is 7. The van der Waals surface area contributed by atoms with E-state index in [1.807, 2.05) is 17.5 Å². The number of allylic oxidation sites excluding steroid dienone is 3. The first kappa shape index (κ1) is 16.6. The summed E-state index contributed by atoms with van der Waals surface area (Å²) < 4.78 is 5.15. The number of thiophene rings is 1. The third kappa shape index (κ3) is 4.62. The van der Waals surface area contributed by atoms with Gasteiger partial charge in [-0.25, -0.2) is 9.97 Å². The first-order valence-electron chi connectivity index (χ1n) is 6.84. The lowest BCUT2D eigenvalue weighted by Gasteiger charge is -2.10. The zero-order valence-electron chi connectivity index (χ0n) is 12.8. The van der Waals surface area contributed by atoms with E-state index >= 15 is 0 Å². The lowest BCUT2D eigenvalue weighted by Crippen LogP contribution is -2.15. The van der Waals surface area contributed by atoms with E-state index in [-0.39, 0.29) is 5.91 Å². The van der Waals surface area contributed by atoms with Crippen LogP contribution in [-0.4, -0.2) is 23.0 Å². The summed E-state index contributed by atoms with van der Waals surface area (Å²) in [5, 5.41) is 4.71. The number of methoxy groups -OCH3 is 1. The normalized spacial score (nSPS) is 10.9. The van der Waals surface area contributed by atoms with E-state index in [9.17, 15) is 4.79 Å². The minimum atomic E-state index is -0.128. The Morgan fingerprint density at radius 1 is 1.48 bits per heavy atom. The number of nitrogens with zero attached hydrogens (tertiary/aromatic N) is 2. The summed E-state index contributed by atoms with van der Waals surface area (Å²) >= 11 is 1.54. The van der Waals surface area contributed by atoms with Crippen LogP contribution in [0.3, 0.4) is 0 Å².